The van der Waals surface area contributed by atoms with Crippen molar-refractivity contribution in [2.24, 2.45) is 0 Å². The molecule has 2 heterocycles. The maximum Gasteiger partial charge on any atom is 0.176 e. The van der Waals surface area contributed by atoms with E-state index in [2.05, 4.69) is 12.1 Å². The fourth-order valence-electron chi connectivity index (χ4n) is 3.07. The smallest absolute Gasteiger partial charge is 0.176 e. The van der Waals surface area contributed by atoms with Gasteiger partial charge in [-0.3, -0.25) is 9.59 Å². The van der Waals surface area contributed by atoms with Crippen LogP contribution in [0.4, 0.5) is 0 Å². The lowest BCUT2D eigenvalue weighted by Gasteiger charge is -2.09. The summed E-state index contributed by atoms with van der Waals surface area (Å²) in [6.07, 6.45) is 8.26. The lowest BCUT2D eigenvalue weighted by Crippen LogP contribution is -2.07. The number of hydrogen-bond acceptors (Lipinski definition) is 3. The van der Waals surface area contributed by atoms with Crippen LogP contribution >= 0.6 is 0 Å². The van der Waals surface area contributed by atoms with E-state index < -0.39 is 0 Å². The topological polar surface area (TPSA) is 62.3 Å². The third kappa shape index (κ3) is 2.51. The number of Topliss-reactive ketones (excluding diaryl/α,β-unsaturated/α-hetero) is 1. The van der Waals surface area contributed by atoms with Crippen molar-refractivity contribution in [3.8, 4) is 6.07 Å². The third-order valence-corrected chi connectivity index (χ3v) is 4.23. The number of rotatable bonds is 3. The van der Waals surface area contributed by atoms with Crippen molar-refractivity contribution >= 4 is 23.2 Å². The third-order valence-electron chi connectivity index (χ3n) is 4.23. The zero-order valence-electron chi connectivity index (χ0n) is 13.1. The Morgan fingerprint density at radius 1 is 1.39 bits per heavy atom. The lowest BCUT2D eigenvalue weighted by atomic mass is 9.97. The fraction of sp³-hybridized carbons (Fsp3) is 0.211. The molecule has 2 aromatic heterocycles. The van der Waals surface area contributed by atoms with E-state index in [-0.39, 0.29) is 5.78 Å². The molecule has 0 aromatic carbocycles. The van der Waals surface area contributed by atoms with E-state index in [1.54, 1.807) is 13.0 Å². The lowest BCUT2D eigenvalue weighted by molar-refractivity contribution is 0.101. The average molecular weight is 304 g/mol. The maximum atomic E-state index is 12.0. The SMILES string of the molecule is CC(=O)c1c(C)c(C=O)cc2cc(C3=CCCC(C#N)=C3)cn12. The highest BCUT2D eigenvalue weighted by Crippen LogP contribution is 2.28. The Labute approximate surface area is 134 Å². The Balaban J connectivity index is 2.24. The highest BCUT2D eigenvalue weighted by Gasteiger charge is 2.16. The zero-order valence-corrected chi connectivity index (χ0v) is 13.1. The summed E-state index contributed by atoms with van der Waals surface area (Å²) in [5.41, 5.74) is 5.23. The van der Waals surface area contributed by atoms with E-state index in [9.17, 15) is 9.59 Å². The number of aldehydes is 1. The van der Waals surface area contributed by atoms with Gasteiger partial charge in [-0.15, -0.1) is 0 Å². The molecule has 0 amide bonds. The van der Waals surface area contributed by atoms with Crippen LogP contribution in [-0.2, 0) is 0 Å². The van der Waals surface area contributed by atoms with E-state index in [0.29, 0.717) is 16.8 Å². The molecular formula is C19H16N2O2. The van der Waals surface area contributed by atoms with Crippen LogP contribution in [0, 0.1) is 18.3 Å². The first kappa shape index (κ1) is 15.0. The highest BCUT2D eigenvalue weighted by atomic mass is 16.1. The maximum absolute atomic E-state index is 12.0. The Morgan fingerprint density at radius 3 is 2.83 bits per heavy atom. The van der Waals surface area contributed by atoms with E-state index >= 15 is 0 Å². The number of nitriles is 1. The van der Waals surface area contributed by atoms with Crippen LogP contribution in [0.2, 0.25) is 0 Å². The summed E-state index contributed by atoms with van der Waals surface area (Å²) in [6.45, 7) is 3.29. The van der Waals surface area contributed by atoms with Gasteiger partial charge in [0.1, 0.15) is 6.29 Å². The molecule has 1 aliphatic carbocycles. The molecule has 0 N–H and O–H groups in total. The van der Waals surface area contributed by atoms with Gasteiger partial charge >= 0.3 is 0 Å². The van der Waals surface area contributed by atoms with Gasteiger partial charge in [0.25, 0.3) is 0 Å². The van der Waals surface area contributed by atoms with Gasteiger partial charge in [0.15, 0.2) is 5.78 Å². The predicted molar refractivity (Wildman–Crippen MR) is 88.4 cm³/mol. The van der Waals surface area contributed by atoms with Gasteiger partial charge < -0.3 is 4.40 Å². The Bertz CT molecular complexity index is 936. The van der Waals surface area contributed by atoms with Crippen LogP contribution in [0.1, 0.15) is 51.7 Å². The van der Waals surface area contributed by atoms with Crippen LogP contribution in [0.15, 0.2) is 36.1 Å². The summed E-state index contributed by atoms with van der Waals surface area (Å²) in [6, 6.07) is 5.94. The quantitative estimate of drug-likeness (QED) is 0.638. The number of pyridine rings is 1. The zero-order chi connectivity index (χ0) is 16.6. The summed E-state index contributed by atoms with van der Waals surface area (Å²) in [5, 5.41) is 9.08. The molecular weight excluding hydrogens is 288 g/mol. The van der Waals surface area contributed by atoms with E-state index in [0.717, 1.165) is 41.4 Å². The molecule has 4 nitrogen and oxygen atoms in total. The molecule has 3 rings (SSSR count). The van der Waals surface area contributed by atoms with Crippen molar-refractivity contribution in [1.29, 1.82) is 5.26 Å². The standard InChI is InChI=1S/C19H16N2O2/c1-12-17(11-22)8-18-7-16(10-21(18)19(12)13(2)23)15-5-3-4-14(6-15)9-20/h5-8,10-11H,3-4H2,1-2H3. The first-order valence-corrected chi connectivity index (χ1v) is 7.48. The Kier molecular flexibility index (Phi) is 3.71. The first-order valence-electron chi connectivity index (χ1n) is 7.48. The fourth-order valence-corrected chi connectivity index (χ4v) is 3.07. The molecule has 23 heavy (non-hydrogen) atoms. The summed E-state index contributed by atoms with van der Waals surface area (Å²) < 4.78 is 1.83. The van der Waals surface area contributed by atoms with E-state index in [1.165, 1.54) is 6.92 Å². The van der Waals surface area contributed by atoms with Gasteiger partial charge in [0, 0.05) is 35.3 Å². The van der Waals surface area contributed by atoms with Gasteiger partial charge in [-0.05, 0) is 49.1 Å². The summed E-state index contributed by atoms with van der Waals surface area (Å²) in [7, 11) is 0. The molecule has 114 valence electrons. The van der Waals surface area contributed by atoms with Crippen molar-refractivity contribution in [1.82, 2.24) is 4.40 Å². The van der Waals surface area contributed by atoms with Crippen LogP contribution in [0.25, 0.3) is 11.1 Å². The second-order valence-corrected chi connectivity index (χ2v) is 5.75. The summed E-state index contributed by atoms with van der Waals surface area (Å²) in [5.74, 6) is -0.0794. The number of fused-ring (bicyclic) bond motifs is 1. The molecule has 0 radical (unpaired) electrons. The molecule has 0 atom stereocenters. The van der Waals surface area contributed by atoms with Crippen LogP contribution in [0.5, 0.6) is 0 Å². The number of ketones is 1. The molecule has 0 aliphatic heterocycles. The van der Waals surface area contributed by atoms with Crippen molar-refractivity contribution in [3.05, 3.63) is 58.4 Å². The van der Waals surface area contributed by atoms with Crippen molar-refractivity contribution < 1.29 is 9.59 Å². The number of hydrogen-bond donors (Lipinski definition) is 0. The minimum absolute atomic E-state index is 0.0794. The largest absolute Gasteiger partial charge is 0.313 e. The first-order chi connectivity index (χ1) is 11.0. The van der Waals surface area contributed by atoms with E-state index in [4.69, 9.17) is 5.26 Å². The average Bonchev–Trinajstić information content (AvgIpc) is 2.97. The second-order valence-electron chi connectivity index (χ2n) is 5.75. The van der Waals surface area contributed by atoms with Gasteiger partial charge in [-0.1, -0.05) is 6.08 Å². The van der Waals surface area contributed by atoms with Crippen molar-refractivity contribution in [3.63, 3.8) is 0 Å². The van der Waals surface area contributed by atoms with Gasteiger partial charge in [-0.2, -0.15) is 5.26 Å². The minimum atomic E-state index is -0.0794. The molecule has 0 saturated heterocycles. The molecule has 0 fully saturated rings. The number of allylic oxidation sites excluding steroid dienone is 4. The van der Waals surface area contributed by atoms with Crippen molar-refractivity contribution in [2.75, 3.05) is 0 Å². The van der Waals surface area contributed by atoms with Crippen LogP contribution in [-0.4, -0.2) is 16.5 Å². The normalized spacial score (nSPS) is 14.1. The van der Waals surface area contributed by atoms with Crippen molar-refractivity contribution in [2.45, 2.75) is 26.7 Å². The monoisotopic (exact) mass is 304 g/mol. The predicted octanol–water partition coefficient (Wildman–Crippen LogP) is 3.89. The molecule has 2 aromatic rings. The molecule has 0 bridgehead atoms. The minimum Gasteiger partial charge on any atom is -0.313 e. The van der Waals surface area contributed by atoms with Gasteiger partial charge in [0.2, 0.25) is 0 Å². The number of aromatic nitrogens is 1. The molecule has 0 spiro atoms. The van der Waals surface area contributed by atoms with Crippen LogP contribution < -0.4 is 0 Å². The number of carbonyl (C=O) groups is 2. The molecule has 0 unspecified atom stereocenters. The highest BCUT2D eigenvalue weighted by molar-refractivity contribution is 5.98. The number of nitrogens with zero attached hydrogens (tertiary/aromatic N) is 2. The molecule has 1 aliphatic rings. The second kappa shape index (κ2) is 5.69. The Hall–Kier alpha value is -2.93. The molecule has 0 saturated carbocycles. The Morgan fingerprint density at radius 2 is 2.17 bits per heavy atom. The van der Waals surface area contributed by atoms with Crippen LogP contribution in [0.3, 0.4) is 0 Å². The number of carbonyl (C=O) groups excluding carboxylic acids is 2. The molecule has 4 heteroatoms. The van der Waals surface area contributed by atoms with Gasteiger partial charge in [0.05, 0.1) is 11.8 Å². The summed E-state index contributed by atoms with van der Waals surface area (Å²) >= 11 is 0. The van der Waals surface area contributed by atoms with E-state index in [1.807, 2.05) is 22.7 Å². The summed E-state index contributed by atoms with van der Waals surface area (Å²) in [4.78, 5) is 23.3. The van der Waals surface area contributed by atoms with Gasteiger partial charge in [-0.25, -0.2) is 0 Å².